The molecule has 0 heterocycles. The molecular formula is C64H109NO8P+. The van der Waals surface area contributed by atoms with Crippen molar-refractivity contribution in [1.82, 2.24) is 0 Å². The van der Waals surface area contributed by atoms with Crippen LogP contribution >= 0.6 is 7.82 Å². The number of phosphoric acid groups is 1. The van der Waals surface area contributed by atoms with Gasteiger partial charge in [-0.25, -0.2) is 4.57 Å². The van der Waals surface area contributed by atoms with Gasteiger partial charge in [0.05, 0.1) is 27.7 Å². The monoisotopic (exact) mass is 1050 g/mol. The average molecular weight is 1050 g/mol. The van der Waals surface area contributed by atoms with Crippen molar-refractivity contribution in [2.24, 2.45) is 0 Å². The van der Waals surface area contributed by atoms with E-state index in [0.29, 0.717) is 17.4 Å². The van der Waals surface area contributed by atoms with Gasteiger partial charge in [-0.3, -0.25) is 18.6 Å². The number of phosphoric ester groups is 1. The lowest BCUT2D eigenvalue weighted by molar-refractivity contribution is -0.870. The van der Waals surface area contributed by atoms with Crippen LogP contribution < -0.4 is 0 Å². The van der Waals surface area contributed by atoms with Crippen LogP contribution in [-0.4, -0.2) is 74.9 Å². The number of carbonyl (C=O) groups excluding carboxylic acids is 2. The van der Waals surface area contributed by atoms with E-state index in [-0.39, 0.29) is 32.0 Å². The van der Waals surface area contributed by atoms with Crippen LogP contribution in [0.1, 0.15) is 219 Å². The number of nitrogens with zero attached hydrogens (tertiary/aromatic N) is 1. The third-order valence-corrected chi connectivity index (χ3v) is 13.0. The Bertz CT molecular complexity index is 1660. The van der Waals surface area contributed by atoms with Crippen LogP contribution in [-0.2, 0) is 32.7 Å². The number of likely N-dealkylation sites (N-methyl/N-ethyl adjacent to an activating group) is 1. The van der Waals surface area contributed by atoms with Crippen LogP contribution in [0.5, 0.6) is 0 Å². The molecule has 1 N–H and O–H groups in total. The van der Waals surface area contributed by atoms with E-state index >= 15 is 0 Å². The number of unbranched alkanes of at least 4 members (excludes halogenated alkanes) is 18. The van der Waals surface area contributed by atoms with Crippen LogP contribution in [0.25, 0.3) is 0 Å². The number of hydrogen-bond acceptors (Lipinski definition) is 7. The second-order valence-corrected chi connectivity index (χ2v) is 21.7. The maximum absolute atomic E-state index is 12.8. The van der Waals surface area contributed by atoms with Crippen molar-refractivity contribution in [3.8, 4) is 0 Å². The summed E-state index contributed by atoms with van der Waals surface area (Å²) in [6.07, 6.45) is 76.9. The summed E-state index contributed by atoms with van der Waals surface area (Å²) < 4.78 is 34.6. The molecule has 10 heteroatoms. The summed E-state index contributed by atoms with van der Waals surface area (Å²) in [5, 5.41) is 0. The number of carbonyl (C=O) groups is 2. The van der Waals surface area contributed by atoms with Gasteiger partial charge in [0, 0.05) is 12.8 Å². The summed E-state index contributed by atoms with van der Waals surface area (Å²) >= 11 is 0. The molecule has 0 aliphatic heterocycles. The molecule has 0 spiro atoms. The van der Waals surface area contributed by atoms with E-state index in [4.69, 9.17) is 18.5 Å². The predicted molar refractivity (Wildman–Crippen MR) is 316 cm³/mol. The zero-order valence-corrected chi connectivity index (χ0v) is 48.7. The molecule has 0 rings (SSSR count). The second-order valence-electron chi connectivity index (χ2n) is 20.3. The average Bonchev–Trinajstić information content (AvgIpc) is 3.36. The van der Waals surface area contributed by atoms with Crippen LogP contribution in [0.3, 0.4) is 0 Å². The fourth-order valence-electron chi connectivity index (χ4n) is 7.54. The summed E-state index contributed by atoms with van der Waals surface area (Å²) in [4.78, 5) is 35.7. The van der Waals surface area contributed by atoms with Crippen LogP contribution in [0.15, 0.2) is 122 Å². The van der Waals surface area contributed by atoms with E-state index in [1.165, 1.54) is 64.2 Å². The molecule has 0 aromatic carbocycles. The zero-order chi connectivity index (χ0) is 54.2. The quantitative estimate of drug-likeness (QED) is 0.0211. The molecule has 0 aliphatic carbocycles. The fourth-order valence-corrected chi connectivity index (χ4v) is 8.28. The number of ether oxygens (including phenoxy) is 2. The lowest BCUT2D eigenvalue weighted by Gasteiger charge is -2.24. The minimum absolute atomic E-state index is 0.0226. The first kappa shape index (κ1) is 70.4. The summed E-state index contributed by atoms with van der Waals surface area (Å²) in [6, 6.07) is 0. The number of rotatable bonds is 52. The molecule has 0 aliphatic rings. The smallest absolute Gasteiger partial charge is 0.462 e. The Balaban J connectivity index is 4.22. The zero-order valence-electron chi connectivity index (χ0n) is 47.8. The standard InChI is InChI=1S/C64H108NO8P/c1-6-8-10-12-14-16-18-20-22-24-26-28-30-31-32-33-35-37-39-41-43-45-47-49-51-53-55-57-64(67)73-62(61-72-74(68,69)71-59-58-65(3,4)5)60-70-63(66)56-54-52-50-48-46-44-42-40-38-36-34-29-27-25-23-21-19-17-15-13-11-9-7-2/h8-11,14-17,20-23,26-29,31-32,36,38,62H,6-7,12-13,18-19,24-25,30,33-35,37,39-61H2,1-5H3/p+1/b10-8-,11-9-,16-14-,17-15-,22-20-,23-21-,28-26-,29-27-,32-31-,38-36-. The van der Waals surface area contributed by atoms with Gasteiger partial charge in [0.15, 0.2) is 6.10 Å². The van der Waals surface area contributed by atoms with Gasteiger partial charge < -0.3 is 18.9 Å². The summed E-state index contributed by atoms with van der Waals surface area (Å²) in [5.74, 6) is -0.820. The molecule has 2 unspecified atom stereocenters. The first-order valence-corrected chi connectivity index (χ1v) is 30.8. The molecule has 9 nitrogen and oxygen atoms in total. The molecule has 422 valence electrons. The van der Waals surface area contributed by atoms with Crippen molar-refractivity contribution >= 4 is 19.8 Å². The van der Waals surface area contributed by atoms with Gasteiger partial charge >= 0.3 is 19.8 Å². The molecular weight excluding hydrogens is 942 g/mol. The topological polar surface area (TPSA) is 108 Å². The van der Waals surface area contributed by atoms with Gasteiger partial charge in [-0.2, -0.15) is 0 Å². The Morgan fingerprint density at radius 3 is 1.08 bits per heavy atom. The highest BCUT2D eigenvalue weighted by molar-refractivity contribution is 7.47. The maximum atomic E-state index is 12.8. The molecule has 0 aromatic rings. The van der Waals surface area contributed by atoms with Crippen molar-refractivity contribution in [1.29, 1.82) is 0 Å². The second kappa shape index (κ2) is 54.2. The van der Waals surface area contributed by atoms with Crippen molar-refractivity contribution < 1.29 is 42.1 Å². The van der Waals surface area contributed by atoms with Crippen LogP contribution in [0.4, 0.5) is 0 Å². The van der Waals surface area contributed by atoms with E-state index in [1.54, 1.807) is 0 Å². The van der Waals surface area contributed by atoms with E-state index in [2.05, 4.69) is 135 Å². The van der Waals surface area contributed by atoms with Gasteiger partial charge in [-0.1, -0.05) is 225 Å². The summed E-state index contributed by atoms with van der Waals surface area (Å²) in [6.45, 7) is 4.18. The molecule has 0 fully saturated rings. The number of quaternary nitrogens is 1. The number of hydrogen-bond donors (Lipinski definition) is 1. The first-order valence-electron chi connectivity index (χ1n) is 29.3. The van der Waals surface area contributed by atoms with Gasteiger partial charge in [0.25, 0.3) is 0 Å². The lowest BCUT2D eigenvalue weighted by atomic mass is 10.0. The van der Waals surface area contributed by atoms with Crippen LogP contribution in [0.2, 0.25) is 0 Å². The molecule has 0 aromatic heterocycles. The van der Waals surface area contributed by atoms with Gasteiger partial charge in [-0.15, -0.1) is 0 Å². The highest BCUT2D eigenvalue weighted by Gasteiger charge is 2.27. The van der Waals surface area contributed by atoms with E-state index in [0.717, 1.165) is 122 Å². The van der Waals surface area contributed by atoms with Gasteiger partial charge in [-0.05, 0) is 103 Å². The van der Waals surface area contributed by atoms with Gasteiger partial charge in [0.2, 0.25) is 0 Å². The number of esters is 2. The Kier molecular flexibility index (Phi) is 51.6. The largest absolute Gasteiger partial charge is 0.472 e. The Labute approximate surface area is 454 Å². The first-order chi connectivity index (χ1) is 36.0. The third kappa shape index (κ3) is 57.7. The predicted octanol–water partition coefficient (Wildman–Crippen LogP) is 18.4. The Hall–Kier alpha value is -3.59. The summed E-state index contributed by atoms with van der Waals surface area (Å²) in [7, 11) is 1.45. The van der Waals surface area contributed by atoms with E-state index < -0.39 is 26.5 Å². The highest BCUT2D eigenvalue weighted by atomic mass is 31.2. The fraction of sp³-hybridized carbons (Fsp3) is 0.656. The SMILES string of the molecule is CC/C=C\C/C=C\C/C=C\C/C=C\C/C=C\CCCCCCCCCCCCCC(=O)OC(COC(=O)CCCCCCCCC/C=C\C/C=C\C/C=C\C/C=C\C/C=C\CC)COP(=O)(O)OCC[N+](C)(C)C. The third-order valence-electron chi connectivity index (χ3n) is 12.0. The van der Waals surface area contributed by atoms with Crippen molar-refractivity contribution in [2.75, 3.05) is 47.5 Å². The molecule has 0 saturated carbocycles. The van der Waals surface area contributed by atoms with Crippen molar-refractivity contribution in [3.63, 3.8) is 0 Å². The molecule has 0 saturated heterocycles. The maximum Gasteiger partial charge on any atom is 0.472 e. The molecule has 0 amide bonds. The van der Waals surface area contributed by atoms with Crippen molar-refractivity contribution in [2.45, 2.75) is 225 Å². The molecule has 0 radical (unpaired) electrons. The normalized spacial score (nSPS) is 14.2. The lowest BCUT2D eigenvalue weighted by Crippen LogP contribution is -2.37. The number of allylic oxidation sites excluding steroid dienone is 20. The van der Waals surface area contributed by atoms with E-state index in [9.17, 15) is 19.0 Å². The minimum atomic E-state index is -4.40. The molecule has 74 heavy (non-hydrogen) atoms. The minimum Gasteiger partial charge on any atom is -0.462 e. The Morgan fingerprint density at radius 1 is 0.419 bits per heavy atom. The molecule has 2 atom stereocenters. The molecule has 0 bridgehead atoms. The van der Waals surface area contributed by atoms with Gasteiger partial charge in [0.1, 0.15) is 19.8 Å². The van der Waals surface area contributed by atoms with Crippen molar-refractivity contribution in [3.05, 3.63) is 122 Å². The highest BCUT2D eigenvalue weighted by Crippen LogP contribution is 2.43. The van der Waals surface area contributed by atoms with E-state index in [1.807, 2.05) is 21.1 Å². The Morgan fingerprint density at radius 2 is 0.730 bits per heavy atom. The summed E-state index contributed by atoms with van der Waals surface area (Å²) in [5.41, 5.74) is 0. The van der Waals surface area contributed by atoms with Crippen LogP contribution in [0, 0.1) is 0 Å².